The quantitative estimate of drug-likeness (QED) is 0.0302. The van der Waals surface area contributed by atoms with E-state index >= 15 is 0 Å². The topological polar surface area (TPSA) is 324 Å². The Balaban J connectivity index is 1.67. The molecule has 3 heterocycles. The number of hydrogen-bond donors (Lipinski definition) is 10. The van der Waals surface area contributed by atoms with Gasteiger partial charge < -0.3 is 79.5 Å². The molecular weight excluding hydrogens is 638 g/mol. The van der Waals surface area contributed by atoms with E-state index in [2.05, 4.69) is 10.0 Å². The first-order valence-corrected chi connectivity index (χ1v) is 15.5. The third-order valence-electron chi connectivity index (χ3n) is 8.30. The fourth-order valence-corrected chi connectivity index (χ4v) is 5.52. The molecule has 0 aliphatic carbocycles. The Hall–Kier alpha value is -1.66. The molecule has 3 saturated heterocycles. The molecule has 0 aromatic heterocycles. The third-order valence-corrected chi connectivity index (χ3v) is 8.30. The molecule has 1 amide bonds. The van der Waals surface area contributed by atoms with Crippen LogP contribution in [0.25, 0.3) is 10.4 Å². The molecule has 47 heavy (non-hydrogen) atoms. The van der Waals surface area contributed by atoms with Gasteiger partial charge in [0.2, 0.25) is 5.91 Å². The van der Waals surface area contributed by atoms with Crippen molar-refractivity contribution < 1.29 is 84.3 Å². The van der Waals surface area contributed by atoms with Gasteiger partial charge in [-0.05, 0) is 23.5 Å². The predicted molar refractivity (Wildman–Crippen MR) is 151 cm³/mol. The number of aliphatic hydroxyl groups is 10. The van der Waals surface area contributed by atoms with Crippen LogP contribution in [0.2, 0.25) is 0 Å². The van der Waals surface area contributed by atoms with Crippen LogP contribution in [0.15, 0.2) is 5.11 Å². The first kappa shape index (κ1) is 39.8. The fraction of sp³-hybridized carbons (Fsp3) is 0.963. The molecule has 0 bridgehead atoms. The molecule has 0 spiro atoms. The van der Waals surface area contributed by atoms with Crippen molar-refractivity contribution >= 4 is 5.91 Å². The Morgan fingerprint density at radius 1 is 0.596 bits per heavy atom. The number of hydrogen-bond acceptors (Lipinski definition) is 17. The normalized spacial score (nSPS) is 40.9. The number of rotatable bonds is 17. The number of carbonyl (C=O) groups is 1. The summed E-state index contributed by atoms with van der Waals surface area (Å²) in [5.41, 5.74) is 8.26. The molecule has 3 fully saturated rings. The number of nitrogens with zero attached hydrogens (tertiary/aromatic N) is 3. The van der Waals surface area contributed by atoms with Crippen molar-refractivity contribution in [3.8, 4) is 0 Å². The molecule has 3 rings (SSSR count). The van der Waals surface area contributed by atoms with Crippen LogP contribution in [0.5, 0.6) is 0 Å². The second-order valence-electron chi connectivity index (χ2n) is 11.6. The van der Waals surface area contributed by atoms with E-state index in [0.717, 1.165) is 19.3 Å². The predicted octanol–water partition coefficient (Wildman–Crippen LogP) is -3.98. The highest BCUT2D eigenvalue weighted by Crippen LogP contribution is 2.33. The minimum atomic E-state index is -1.90. The number of aliphatic hydroxyl groups excluding tert-OH is 10. The van der Waals surface area contributed by atoms with Gasteiger partial charge in [-0.25, -0.2) is 0 Å². The summed E-state index contributed by atoms with van der Waals surface area (Å²) < 4.78 is 33.9. The number of carbonyl (C=O) groups excluding carboxylic acids is 1. The lowest BCUT2D eigenvalue weighted by molar-refractivity contribution is -0.393. The summed E-state index contributed by atoms with van der Waals surface area (Å²) in [5.74, 6) is -0.512. The van der Waals surface area contributed by atoms with Crippen molar-refractivity contribution in [2.24, 2.45) is 5.11 Å². The highest BCUT2D eigenvalue weighted by atomic mass is 16.8. The Morgan fingerprint density at radius 3 is 1.60 bits per heavy atom. The minimum Gasteiger partial charge on any atom is -0.394 e. The molecule has 0 aromatic carbocycles. The summed E-state index contributed by atoms with van der Waals surface area (Å²) in [6.45, 7) is -2.18. The molecule has 20 heteroatoms. The Bertz CT molecular complexity index is 992. The molecule has 15 unspecified atom stereocenters. The lowest BCUT2D eigenvalue weighted by Crippen LogP contribution is -2.67. The average Bonchev–Trinajstić information content (AvgIpc) is 3.06. The van der Waals surface area contributed by atoms with Gasteiger partial charge in [-0.2, -0.15) is 0 Å². The van der Waals surface area contributed by atoms with E-state index in [4.69, 9.17) is 34.0 Å². The third kappa shape index (κ3) is 10.4. The SMILES string of the molecule is [N-]=[N+]=NC(=O)CCCCCCCCOC1OC(CO)C(O)C(O)C1OC1OC(CO)C(O)C(O)C1OC1OC(CO)C(O)C(O)C1O. The van der Waals surface area contributed by atoms with Gasteiger partial charge in [-0.15, -0.1) is 0 Å². The van der Waals surface area contributed by atoms with Crippen LogP contribution < -0.4 is 0 Å². The Kier molecular flexibility index (Phi) is 16.5. The maximum absolute atomic E-state index is 11.2. The Labute approximate surface area is 269 Å². The molecule has 3 aliphatic rings. The maximum atomic E-state index is 11.2. The molecule has 10 N–H and O–H groups in total. The van der Waals surface area contributed by atoms with Gasteiger partial charge in [-0.1, -0.05) is 25.7 Å². The molecule has 3 aliphatic heterocycles. The number of unbranched alkanes of at least 4 members (excludes halogenated alkanes) is 5. The first-order chi connectivity index (χ1) is 22.5. The summed E-state index contributed by atoms with van der Waals surface area (Å²) in [6.07, 6.45) is -20.6. The zero-order valence-electron chi connectivity index (χ0n) is 25.6. The van der Waals surface area contributed by atoms with E-state index in [-0.39, 0.29) is 13.0 Å². The minimum absolute atomic E-state index is 0.0811. The van der Waals surface area contributed by atoms with Crippen molar-refractivity contribution in [1.29, 1.82) is 0 Å². The van der Waals surface area contributed by atoms with Gasteiger partial charge >= 0.3 is 0 Å². The van der Waals surface area contributed by atoms with Crippen molar-refractivity contribution in [3.63, 3.8) is 0 Å². The molecule has 0 radical (unpaired) electrons. The van der Waals surface area contributed by atoms with Crippen LogP contribution in [0.1, 0.15) is 44.9 Å². The van der Waals surface area contributed by atoms with E-state index in [1.54, 1.807) is 0 Å². The molecule has 272 valence electrons. The van der Waals surface area contributed by atoms with Crippen molar-refractivity contribution in [2.75, 3.05) is 26.4 Å². The zero-order chi connectivity index (χ0) is 34.7. The van der Waals surface area contributed by atoms with E-state index in [9.17, 15) is 55.9 Å². The first-order valence-electron chi connectivity index (χ1n) is 15.5. The Morgan fingerprint density at radius 2 is 1.04 bits per heavy atom. The summed E-state index contributed by atoms with van der Waals surface area (Å²) in [4.78, 5) is 13.7. The van der Waals surface area contributed by atoms with Crippen LogP contribution in [-0.2, 0) is 33.2 Å². The molecule has 0 aromatic rings. The monoisotopic (exact) mass is 685 g/mol. The molecular formula is C27H47N3O17. The van der Waals surface area contributed by atoms with Crippen LogP contribution in [0.4, 0.5) is 0 Å². The second kappa shape index (κ2) is 19.5. The fourth-order valence-electron chi connectivity index (χ4n) is 5.52. The number of azide groups is 1. The summed E-state index contributed by atoms with van der Waals surface area (Å²) in [6, 6.07) is 0. The van der Waals surface area contributed by atoms with Crippen LogP contribution in [0.3, 0.4) is 0 Å². The molecule has 15 atom stereocenters. The summed E-state index contributed by atoms with van der Waals surface area (Å²) >= 11 is 0. The van der Waals surface area contributed by atoms with Gasteiger partial charge in [0, 0.05) is 17.9 Å². The lowest BCUT2D eigenvalue weighted by Gasteiger charge is -2.48. The number of amides is 1. The smallest absolute Gasteiger partial charge is 0.218 e. The van der Waals surface area contributed by atoms with Gasteiger partial charge in [0.25, 0.3) is 0 Å². The van der Waals surface area contributed by atoms with Crippen LogP contribution in [0, 0.1) is 0 Å². The maximum Gasteiger partial charge on any atom is 0.218 e. The average molecular weight is 686 g/mol. The lowest BCUT2D eigenvalue weighted by atomic mass is 9.96. The van der Waals surface area contributed by atoms with E-state index in [1.807, 2.05) is 0 Å². The standard InChI is InChI=1S/C27H47N3O17/c28-30-29-15(34)7-5-3-1-2-4-6-8-42-26-23(20(39)17(36)13(10-32)44-26)47-27-24(21(40)18(37)14(11-33)45-27)46-25-22(41)19(38)16(35)12(9-31)43-25/h12-14,16-27,31-33,35-41H,1-11H2. The highest BCUT2D eigenvalue weighted by molar-refractivity contribution is 5.76. The van der Waals surface area contributed by atoms with Gasteiger partial charge in [-0.3, -0.25) is 4.79 Å². The van der Waals surface area contributed by atoms with Crippen molar-refractivity contribution in [2.45, 2.75) is 137 Å². The molecule has 20 nitrogen and oxygen atoms in total. The van der Waals surface area contributed by atoms with Gasteiger partial charge in [0.1, 0.15) is 73.2 Å². The van der Waals surface area contributed by atoms with E-state index in [0.29, 0.717) is 19.3 Å². The van der Waals surface area contributed by atoms with Crippen molar-refractivity contribution in [3.05, 3.63) is 10.4 Å². The second-order valence-corrected chi connectivity index (χ2v) is 11.6. The van der Waals surface area contributed by atoms with E-state index < -0.39 is 118 Å². The largest absolute Gasteiger partial charge is 0.394 e. The van der Waals surface area contributed by atoms with Gasteiger partial charge in [0.15, 0.2) is 18.9 Å². The summed E-state index contributed by atoms with van der Waals surface area (Å²) in [5, 5.41) is 106. The van der Waals surface area contributed by atoms with Crippen LogP contribution >= 0.6 is 0 Å². The highest BCUT2D eigenvalue weighted by Gasteiger charge is 2.54. The van der Waals surface area contributed by atoms with Gasteiger partial charge in [0.05, 0.1) is 19.8 Å². The van der Waals surface area contributed by atoms with Crippen molar-refractivity contribution in [1.82, 2.24) is 0 Å². The van der Waals surface area contributed by atoms with E-state index in [1.165, 1.54) is 0 Å². The molecule has 0 saturated carbocycles. The van der Waals surface area contributed by atoms with Crippen LogP contribution in [-0.4, -0.2) is 176 Å². The summed E-state index contributed by atoms with van der Waals surface area (Å²) in [7, 11) is 0. The zero-order valence-corrected chi connectivity index (χ0v) is 25.6. The number of ether oxygens (including phenoxy) is 6.